The second kappa shape index (κ2) is 11.6. The molecule has 9 heteroatoms. The van der Waals surface area contributed by atoms with Gasteiger partial charge in [0.05, 0.1) is 4.47 Å². The fraction of sp³-hybridized carbons (Fsp3) is 0.0800. The second-order valence-electron chi connectivity index (χ2n) is 7.14. The molecule has 34 heavy (non-hydrogen) atoms. The summed E-state index contributed by atoms with van der Waals surface area (Å²) in [5, 5.41) is 14.9. The molecule has 0 spiro atoms. The van der Waals surface area contributed by atoms with Gasteiger partial charge < -0.3 is 15.4 Å². The SMILES string of the molecule is Cc1cccc(NC(=O)COc2c(Br)cc(Br)cc2/C=C(\C#N)C(=O)Nc2ccc(F)cc2)c1. The third-order valence-corrected chi connectivity index (χ3v) is 5.50. The number of nitrogens with zero attached hydrogens (tertiary/aromatic N) is 1. The van der Waals surface area contributed by atoms with Crippen LogP contribution in [0.5, 0.6) is 5.75 Å². The Morgan fingerprint density at radius 3 is 2.47 bits per heavy atom. The predicted octanol–water partition coefficient (Wildman–Crippen LogP) is 6.22. The minimum absolute atomic E-state index is 0.205. The molecule has 0 saturated heterocycles. The maximum Gasteiger partial charge on any atom is 0.266 e. The second-order valence-corrected chi connectivity index (χ2v) is 8.91. The Balaban J connectivity index is 1.79. The third kappa shape index (κ3) is 7.01. The highest BCUT2D eigenvalue weighted by Gasteiger charge is 2.15. The van der Waals surface area contributed by atoms with Crippen molar-refractivity contribution in [1.29, 1.82) is 5.26 Å². The lowest BCUT2D eigenvalue weighted by molar-refractivity contribution is -0.118. The Labute approximate surface area is 212 Å². The zero-order valence-corrected chi connectivity index (χ0v) is 21.0. The lowest BCUT2D eigenvalue weighted by Gasteiger charge is -2.13. The molecule has 3 aromatic rings. The normalized spacial score (nSPS) is 10.9. The van der Waals surface area contributed by atoms with Crippen LogP contribution in [0.3, 0.4) is 0 Å². The highest BCUT2D eigenvalue weighted by molar-refractivity contribution is 9.11. The lowest BCUT2D eigenvalue weighted by Crippen LogP contribution is -2.20. The van der Waals surface area contributed by atoms with Crippen molar-refractivity contribution in [3.8, 4) is 11.8 Å². The minimum Gasteiger partial charge on any atom is -0.482 e. The van der Waals surface area contributed by atoms with Crippen molar-refractivity contribution >= 4 is 61.1 Å². The lowest BCUT2D eigenvalue weighted by atomic mass is 10.1. The van der Waals surface area contributed by atoms with Gasteiger partial charge in [0.1, 0.15) is 23.2 Å². The smallest absolute Gasteiger partial charge is 0.266 e. The molecule has 2 N–H and O–H groups in total. The monoisotopic (exact) mass is 585 g/mol. The number of amides is 2. The van der Waals surface area contributed by atoms with Gasteiger partial charge in [-0.3, -0.25) is 9.59 Å². The van der Waals surface area contributed by atoms with Gasteiger partial charge in [0.2, 0.25) is 0 Å². The summed E-state index contributed by atoms with van der Waals surface area (Å²) >= 11 is 6.77. The molecule has 172 valence electrons. The van der Waals surface area contributed by atoms with Crippen LogP contribution in [0.25, 0.3) is 6.08 Å². The molecule has 0 aliphatic carbocycles. The molecule has 0 heterocycles. The largest absolute Gasteiger partial charge is 0.482 e. The molecule has 2 amide bonds. The van der Waals surface area contributed by atoms with Gasteiger partial charge >= 0.3 is 0 Å². The molecule has 3 aromatic carbocycles. The van der Waals surface area contributed by atoms with Crippen LogP contribution in [0.15, 0.2) is 75.2 Å². The van der Waals surface area contributed by atoms with Crippen LogP contribution >= 0.6 is 31.9 Å². The molecular formula is C25H18Br2FN3O3. The van der Waals surface area contributed by atoms with Crippen molar-refractivity contribution in [2.75, 3.05) is 17.2 Å². The van der Waals surface area contributed by atoms with Crippen LogP contribution in [0, 0.1) is 24.1 Å². The Hall–Kier alpha value is -3.48. The summed E-state index contributed by atoms with van der Waals surface area (Å²) in [4.78, 5) is 25.0. The average molecular weight is 587 g/mol. The van der Waals surface area contributed by atoms with Gasteiger partial charge in [0.15, 0.2) is 6.61 Å². The van der Waals surface area contributed by atoms with Crippen LogP contribution in [0.4, 0.5) is 15.8 Å². The molecule has 6 nitrogen and oxygen atoms in total. The fourth-order valence-corrected chi connectivity index (χ4v) is 4.31. The number of benzene rings is 3. The maximum absolute atomic E-state index is 13.1. The number of nitrogens with one attached hydrogen (secondary N) is 2. The highest BCUT2D eigenvalue weighted by atomic mass is 79.9. The molecule has 0 fully saturated rings. The van der Waals surface area contributed by atoms with E-state index in [9.17, 15) is 19.2 Å². The Morgan fingerprint density at radius 2 is 1.79 bits per heavy atom. The third-order valence-electron chi connectivity index (χ3n) is 4.45. The van der Waals surface area contributed by atoms with Gasteiger partial charge in [-0.25, -0.2) is 4.39 Å². The Kier molecular flexibility index (Phi) is 8.57. The van der Waals surface area contributed by atoms with E-state index in [-0.39, 0.29) is 23.8 Å². The van der Waals surface area contributed by atoms with E-state index < -0.39 is 11.7 Å². The molecule has 0 aliphatic rings. The molecule has 0 atom stereocenters. The Morgan fingerprint density at radius 1 is 1.06 bits per heavy atom. The van der Waals surface area contributed by atoms with E-state index in [2.05, 4.69) is 42.5 Å². The summed E-state index contributed by atoms with van der Waals surface area (Å²) in [5.41, 5.74) is 2.18. The molecule has 0 radical (unpaired) electrons. The van der Waals surface area contributed by atoms with Gasteiger partial charge in [-0.1, -0.05) is 28.1 Å². The number of ether oxygens (including phenoxy) is 1. The number of rotatable bonds is 7. The van der Waals surface area contributed by atoms with Gasteiger partial charge in [-0.05, 0) is 83.0 Å². The standard InChI is InChI=1S/C25H18Br2FN3O3/c1-15-3-2-4-21(9-15)30-23(32)14-34-24-16(11-18(26)12-22(24)27)10-17(13-29)25(33)31-20-7-5-19(28)6-8-20/h2-12H,14H2,1H3,(H,30,32)(H,31,33)/b17-10+. The number of hydrogen-bond donors (Lipinski definition) is 2. The molecule has 0 aliphatic heterocycles. The van der Waals surface area contributed by atoms with Crippen molar-refractivity contribution in [3.05, 3.63) is 92.1 Å². The van der Waals surface area contributed by atoms with E-state index in [1.54, 1.807) is 18.2 Å². The number of halogens is 3. The van der Waals surface area contributed by atoms with Crippen molar-refractivity contribution in [3.63, 3.8) is 0 Å². The van der Waals surface area contributed by atoms with Gasteiger partial charge in [-0.15, -0.1) is 0 Å². The van der Waals surface area contributed by atoms with Crippen LogP contribution < -0.4 is 15.4 Å². The fourth-order valence-electron chi connectivity index (χ4n) is 2.93. The van der Waals surface area contributed by atoms with Gasteiger partial charge in [-0.2, -0.15) is 5.26 Å². The maximum atomic E-state index is 13.1. The van der Waals surface area contributed by atoms with Crippen molar-refractivity contribution in [1.82, 2.24) is 0 Å². The topological polar surface area (TPSA) is 91.2 Å². The predicted molar refractivity (Wildman–Crippen MR) is 136 cm³/mol. The van der Waals surface area contributed by atoms with Crippen molar-refractivity contribution < 1.29 is 18.7 Å². The number of carbonyl (C=O) groups is 2. The summed E-state index contributed by atoms with van der Waals surface area (Å²) in [6.07, 6.45) is 1.35. The van der Waals surface area contributed by atoms with Crippen LogP contribution in [0.1, 0.15) is 11.1 Å². The molecule has 0 aromatic heterocycles. The van der Waals surface area contributed by atoms with E-state index >= 15 is 0 Å². The molecule has 3 rings (SSSR count). The summed E-state index contributed by atoms with van der Waals surface area (Å²) < 4.78 is 20.0. The Bertz CT molecular complexity index is 1300. The first-order valence-electron chi connectivity index (χ1n) is 9.92. The summed E-state index contributed by atoms with van der Waals surface area (Å²) in [7, 11) is 0. The van der Waals surface area contributed by atoms with Crippen molar-refractivity contribution in [2.24, 2.45) is 0 Å². The van der Waals surface area contributed by atoms with Crippen LogP contribution in [0.2, 0.25) is 0 Å². The van der Waals surface area contributed by atoms with Crippen LogP contribution in [-0.4, -0.2) is 18.4 Å². The summed E-state index contributed by atoms with van der Waals surface area (Å²) in [5.74, 6) is -1.20. The van der Waals surface area contributed by atoms with E-state index in [4.69, 9.17) is 4.74 Å². The first-order valence-corrected chi connectivity index (χ1v) is 11.5. The van der Waals surface area contributed by atoms with E-state index in [1.165, 1.54) is 30.3 Å². The number of hydrogen-bond acceptors (Lipinski definition) is 4. The van der Waals surface area contributed by atoms with Crippen molar-refractivity contribution in [2.45, 2.75) is 6.92 Å². The molecule has 0 bridgehead atoms. The minimum atomic E-state index is -0.673. The zero-order valence-electron chi connectivity index (χ0n) is 17.9. The number of carbonyl (C=O) groups excluding carboxylic acids is 2. The summed E-state index contributed by atoms with van der Waals surface area (Å²) in [6.45, 7) is 1.63. The zero-order chi connectivity index (χ0) is 24.7. The molecular weight excluding hydrogens is 569 g/mol. The first-order chi connectivity index (χ1) is 16.2. The number of aryl methyl sites for hydroxylation is 1. The van der Waals surface area contributed by atoms with Gasteiger partial charge in [0, 0.05) is 21.4 Å². The van der Waals surface area contributed by atoms with E-state index in [1.807, 2.05) is 31.2 Å². The number of anilines is 2. The molecule has 0 saturated carbocycles. The van der Waals surface area contributed by atoms with E-state index in [0.29, 0.717) is 25.9 Å². The quantitative estimate of drug-likeness (QED) is 0.254. The average Bonchev–Trinajstić information content (AvgIpc) is 2.78. The number of nitriles is 1. The van der Waals surface area contributed by atoms with Crippen LogP contribution in [-0.2, 0) is 9.59 Å². The highest BCUT2D eigenvalue weighted by Crippen LogP contribution is 2.34. The summed E-state index contributed by atoms with van der Waals surface area (Å²) in [6, 6.07) is 17.8. The van der Waals surface area contributed by atoms with E-state index in [0.717, 1.165) is 5.56 Å². The van der Waals surface area contributed by atoms with Gasteiger partial charge in [0.25, 0.3) is 11.8 Å². The first kappa shape index (κ1) is 25.1. The molecule has 0 unspecified atom stereocenters.